The summed E-state index contributed by atoms with van der Waals surface area (Å²) in [6, 6.07) is 16.7. The number of nitriles is 1. The number of nitrogens with one attached hydrogen (secondary N) is 2. The maximum atomic E-state index is 13.1. The minimum atomic E-state index is -0.562. The number of carbonyl (C=O) groups is 1. The highest BCUT2D eigenvalue weighted by molar-refractivity contribution is 5.97. The first-order valence-corrected chi connectivity index (χ1v) is 10.4. The van der Waals surface area contributed by atoms with Crippen molar-refractivity contribution >= 4 is 11.4 Å². The molecule has 0 fully saturated rings. The maximum Gasteiger partial charge on any atom is 0.275 e. The molecular weight excluding hydrogens is 418 g/mol. The minimum Gasteiger partial charge on any atom is -0.382 e. The van der Waals surface area contributed by atoms with Gasteiger partial charge < -0.3 is 15.0 Å². The van der Waals surface area contributed by atoms with E-state index in [-0.39, 0.29) is 23.4 Å². The molecule has 1 atom stereocenters. The fourth-order valence-corrected chi connectivity index (χ4v) is 3.70. The number of amides is 1. The van der Waals surface area contributed by atoms with Crippen molar-refractivity contribution in [1.29, 1.82) is 5.26 Å². The number of hydrogen-bond acceptors (Lipinski definition) is 5. The van der Waals surface area contributed by atoms with Gasteiger partial charge in [0, 0.05) is 7.11 Å². The molecule has 2 heterocycles. The molecule has 0 saturated heterocycles. The monoisotopic (exact) mass is 441 g/mol. The lowest BCUT2D eigenvalue weighted by atomic mass is 10.0. The van der Waals surface area contributed by atoms with Crippen LogP contribution in [0.5, 0.6) is 0 Å². The molecule has 0 radical (unpaired) electrons. The highest BCUT2D eigenvalue weighted by atomic mass is 16.5. The van der Waals surface area contributed by atoms with Crippen molar-refractivity contribution in [2.75, 3.05) is 13.7 Å². The van der Waals surface area contributed by atoms with Gasteiger partial charge in [0.25, 0.3) is 11.5 Å². The maximum absolute atomic E-state index is 13.1. The van der Waals surface area contributed by atoms with E-state index in [0.717, 1.165) is 22.3 Å². The number of fused-ring (bicyclic) bond motifs is 1. The van der Waals surface area contributed by atoms with Gasteiger partial charge in [0.05, 0.1) is 24.5 Å². The summed E-state index contributed by atoms with van der Waals surface area (Å²) in [7, 11) is 1.54. The van der Waals surface area contributed by atoms with Crippen molar-refractivity contribution in [3.05, 3.63) is 93.0 Å². The first-order valence-electron chi connectivity index (χ1n) is 10.4. The first-order chi connectivity index (χ1) is 15.9. The number of hydrogen-bond donors (Lipinski definition) is 2. The molecule has 1 amide bonds. The Balaban J connectivity index is 1.75. The summed E-state index contributed by atoms with van der Waals surface area (Å²) < 4.78 is 6.55. The van der Waals surface area contributed by atoms with E-state index in [9.17, 15) is 14.9 Å². The first kappa shape index (κ1) is 22.0. The molecule has 2 aromatic heterocycles. The van der Waals surface area contributed by atoms with Gasteiger partial charge in [-0.1, -0.05) is 42.5 Å². The van der Waals surface area contributed by atoms with E-state index in [0.29, 0.717) is 5.69 Å². The van der Waals surface area contributed by atoms with E-state index in [1.165, 1.54) is 4.52 Å². The van der Waals surface area contributed by atoms with Crippen LogP contribution in [-0.4, -0.2) is 34.2 Å². The number of aryl methyl sites for hydroxylation is 2. The highest BCUT2D eigenvalue weighted by Crippen LogP contribution is 2.21. The fourth-order valence-electron chi connectivity index (χ4n) is 3.70. The number of aromatic amines is 1. The Morgan fingerprint density at radius 2 is 1.97 bits per heavy atom. The summed E-state index contributed by atoms with van der Waals surface area (Å²) >= 11 is 0. The van der Waals surface area contributed by atoms with Gasteiger partial charge in [-0.3, -0.25) is 9.59 Å². The Hall–Kier alpha value is -4.22. The molecule has 4 aromatic rings. The zero-order chi connectivity index (χ0) is 23.5. The summed E-state index contributed by atoms with van der Waals surface area (Å²) in [5, 5.41) is 16.9. The van der Waals surface area contributed by atoms with Gasteiger partial charge in [-0.2, -0.15) is 10.4 Å². The average Bonchev–Trinajstić information content (AvgIpc) is 3.20. The molecule has 8 nitrogen and oxygen atoms in total. The second-order valence-electron chi connectivity index (χ2n) is 7.82. The lowest BCUT2D eigenvalue weighted by Crippen LogP contribution is -2.32. The number of H-pyrrole nitrogens is 1. The predicted molar refractivity (Wildman–Crippen MR) is 124 cm³/mol. The van der Waals surface area contributed by atoms with Crippen LogP contribution in [-0.2, 0) is 4.74 Å². The second kappa shape index (κ2) is 9.10. The number of carbonyl (C=O) groups excluding carboxylic acids is 1. The lowest BCUT2D eigenvalue weighted by Gasteiger charge is -2.17. The Morgan fingerprint density at radius 1 is 1.21 bits per heavy atom. The van der Waals surface area contributed by atoms with Crippen molar-refractivity contribution in [2.24, 2.45) is 0 Å². The number of aromatic nitrogens is 3. The van der Waals surface area contributed by atoms with Crippen molar-refractivity contribution < 1.29 is 9.53 Å². The van der Waals surface area contributed by atoms with Crippen LogP contribution >= 0.6 is 0 Å². The van der Waals surface area contributed by atoms with Gasteiger partial charge in [-0.05, 0) is 42.2 Å². The number of ether oxygens (including phenoxy) is 1. The molecule has 8 heteroatoms. The van der Waals surface area contributed by atoms with E-state index in [2.05, 4.69) is 15.4 Å². The summed E-state index contributed by atoms with van der Waals surface area (Å²) in [4.78, 5) is 28.8. The van der Waals surface area contributed by atoms with Gasteiger partial charge in [0.2, 0.25) is 0 Å². The molecule has 166 valence electrons. The molecular formula is C25H23N5O3. The van der Waals surface area contributed by atoms with Crippen molar-refractivity contribution in [3.8, 4) is 17.3 Å². The van der Waals surface area contributed by atoms with Gasteiger partial charge >= 0.3 is 0 Å². The minimum absolute atomic E-state index is 0.0261. The number of benzene rings is 2. The van der Waals surface area contributed by atoms with Crippen LogP contribution in [0.25, 0.3) is 16.8 Å². The van der Waals surface area contributed by atoms with Crippen molar-refractivity contribution in [3.63, 3.8) is 0 Å². The molecule has 0 bridgehead atoms. The molecule has 2 aromatic carbocycles. The Kier molecular flexibility index (Phi) is 6.07. The summed E-state index contributed by atoms with van der Waals surface area (Å²) in [5.41, 5.74) is 3.75. The van der Waals surface area contributed by atoms with Crippen molar-refractivity contribution in [1.82, 2.24) is 19.9 Å². The second-order valence-corrected chi connectivity index (χ2v) is 7.82. The SMILES string of the molecule is COCC(NC(=O)c1nn2cc(-c3ccc(C)c(C)c3)[nH]c(=O)c2c1C#N)c1ccccc1. The lowest BCUT2D eigenvalue weighted by molar-refractivity contribution is 0.0891. The quantitative estimate of drug-likeness (QED) is 0.477. The molecule has 2 N–H and O–H groups in total. The van der Waals surface area contributed by atoms with E-state index in [1.54, 1.807) is 13.3 Å². The topological polar surface area (TPSA) is 112 Å². The van der Waals surface area contributed by atoms with Crippen LogP contribution < -0.4 is 10.9 Å². The molecule has 0 aliphatic carbocycles. The third-order valence-electron chi connectivity index (χ3n) is 5.61. The molecule has 4 rings (SSSR count). The smallest absolute Gasteiger partial charge is 0.275 e. The van der Waals surface area contributed by atoms with Crippen LogP contribution in [0.4, 0.5) is 0 Å². The van der Waals surface area contributed by atoms with E-state index in [4.69, 9.17) is 4.74 Å². The average molecular weight is 441 g/mol. The molecule has 0 spiro atoms. The Labute approximate surface area is 190 Å². The van der Waals surface area contributed by atoms with Crippen LogP contribution in [0.15, 0.2) is 59.5 Å². The zero-order valence-corrected chi connectivity index (χ0v) is 18.5. The largest absolute Gasteiger partial charge is 0.382 e. The summed E-state index contributed by atoms with van der Waals surface area (Å²) in [6.07, 6.45) is 1.61. The third kappa shape index (κ3) is 4.27. The fraction of sp³-hybridized carbons (Fsp3) is 0.200. The Bertz CT molecular complexity index is 1430. The molecule has 1 unspecified atom stereocenters. The molecule has 0 saturated carbocycles. The number of methoxy groups -OCH3 is 1. The summed E-state index contributed by atoms with van der Waals surface area (Å²) in [5.74, 6) is -0.562. The van der Waals surface area contributed by atoms with E-state index < -0.39 is 17.5 Å². The number of rotatable bonds is 6. The normalized spacial score (nSPS) is 11.8. The molecule has 33 heavy (non-hydrogen) atoms. The van der Waals surface area contributed by atoms with Crippen LogP contribution in [0.3, 0.4) is 0 Å². The third-order valence-corrected chi connectivity index (χ3v) is 5.61. The standard InChI is InChI=1S/C25H23N5O3/c1-15-9-10-18(11-16(15)2)20-13-30-23(25(32)27-20)19(12-26)22(29-30)24(31)28-21(14-33-3)17-7-5-4-6-8-17/h4-11,13,21H,14H2,1-3H3,(H,27,32)(H,28,31). The van der Waals surface area contributed by atoms with E-state index >= 15 is 0 Å². The number of nitrogens with zero attached hydrogens (tertiary/aromatic N) is 3. The van der Waals surface area contributed by atoms with Crippen molar-refractivity contribution in [2.45, 2.75) is 19.9 Å². The highest BCUT2D eigenvalue weighted by Gasteiger charge is 2.24. The Morgan fingerprint density at radius 3 is 2.64 bits per heavy atom. The van der Waals surface area contributed by atoms with Gasteiger partial charge in [-0.25, -0.2) is 4.52 Å². The van der Waals surface area contributed by atoms with Crippen LogP contribution in [0.1, 0.15) is 38.8 Å². The zero-order valence-electron chi connectivity index (χ0n) is 18.5. The van der Waals surface area contributed by atoms with Gasteiger partial charge in [0.1, 0.15) is 17.1 Å². The van der Waals surface area contributed by atoms with Gasteiger partial charge in [0.15, 0.2) is 5.69 Å². The van der Waals surface area contributed by atoms with Crippen LogP contribution in [0, 0.1) is 25.2 Å². The van der Waals surface area contributed by atoms with Crippen LogP contribution in [0.2, 0.25) is 0 Å². The molecule has 0 aliphatic rings. The molecule has 0 aliphatic heterocycles. The van der Waals surface area contributed by atoms with Gasteiger partial charge in [-0.15, -0.1) is 0 Å². The summed E-state index contributed by atoms with van der Waals surface area (Å²) in [6.45, 7) is 4.24. The van der Waals surface area contributed by atoms with E-state index in [1.807, 2.05) is 68.4 Å². The predicted octanol–water partition coefficient (Wildman–Crippen LogP) is 3.30.